The zero-order valence-corrected chi connectivity index (χ0v) is 7.72. The van der Waals surface area contributed by atoms with Gasteiger partial charge in [-0.25, -0.2) is 0 Å². The standard InChI is InChI=1S/C9H7ClN2O/c1-6(13)8-3-2-7(12-5-11)4-9(8)10/h2-4,12H,1H3. The molecule has 13 heavy (non-hydrogen) atoms. The van der Waals surface area contributed by atoms with Crippen LogP contribution in [0.15, 0.2) is 18.2 Å². The van der Waals surface area contributed by atoms with E-state index in [0.717, 1.165) is 0 Å². The number of halogens is 1. The number of anilines is 1. The Labute approximate surface area is 80.9 Å². The Kier molecular flexibility index (Phi) is 2.88. The molecule has 0 aliphatic rings. The van der Waals surface area contributed by atoms with Crippen molar-refractivity contribution in [2.24, 2.45) is 0 Å². The summed E-state index contributed by atoms with van der Waals surface area (Å²) in [5, 5.41) is 11.1. The minimum absolute atomic E-state index is 0.0893. The van der Waals surface area contributed by atoms with Crippen LogP contribution in [0.4, 0.5) is 5.69 Å². The van der Waals surface area contributed by atoms with Gasteiger partial charge >= 0.3 is 0 Å². The van der Waals surface area contributed by atoms with Gasteiger partial charge in [0.2, 0.25) is 0 Å². The first-order valence-corrected chi connectivity index (χ1v) is 3.98. The highest BCUT2D eigenvalue weighted by atomic mass is 35.5. The Morgan fingerprint density at radius 2 is 2.31 bits per heavy atom. The van der Waals surface area contributed by atoms with Crippen molar-refractivity contribution in [2.45, 2.75) is 6.92 Å². The Balaban J connectivity index is 3.07. The molecule has 0 saturated heterocycles. The molecule has 0 fully saturated rings. The molecule has 1 N–H and O–H groups in total. The number of benzene rings is 1. The predicted octanol–water partition coefficient (Wildman–Crippen LogP) is 2.44. The Bertz CT molecular complexity index is 382. The van der Waals surface area contributed by atoms with Gasteiger partial charge in [0.05, 0.1) is 5.02 Å². The molecule has 0 saturated carbocycles. The fraction of sp³-hybridized carbons (Fsp3) is 0.111. The van der Waals surface area contributed by atoms with Gasteiger partial charge in [-0.1, -0.05) is 11.6 Å². The summed E-state index contributed by atoms with van der Waals surface area (Å²) in [4.78, 5) is 11.0. The number of nitrogens with one attached hydrogen (secondary N) is 1. The summed E-state index contributed by atoms with van der Waals surface area (Å²) in [6, 6.07) is 4.76. The third-order valence-corrected chi connectivity index (χ3v) is 1.86. The summed E-state index contributed by atoms with van der Waals surface area (Å²) in [5.74, 6) is -0.0893. The zero-order valence-electron chi connectivity index (χ0n) is 6.97. The lowest BCUT2D eigenvalue weighted by Gasteiger charge is -2.01. The molecule has 0 spiro atoms. The van der Waals surface area contributed by atoms with Crippen LogP contribution in [0.3, 0.4) is 0 Å². The summed E-state index contributed by atoms with van der Waals surface area (Å²) in [6.07, 6.45) is 1.77. The van der Waals surface area contributed by atoms with E-state index in [2.05, 4.69) is 5.32 Å². The number of nitriles is 1. The van der Waals surface area contributed by atoms with E-state index in [9.17, 15) is 4.79 Å². The van der Waals surface area contributed by atoms with Crippen LogP contribution in [0.25, 0.3) is 0 Å². The van der Waals surface area contributed by atoms with Gasteiger partial charge in [0.1, 0.15) is 0 Å². The highest BCUT2D eigenvalue weighted by Crippen LogP contribution is 2.20. The highest BCUT2D eigenvalue weighted by Gasteiger charge is 2.05. The molecule has 0 atom stereocenters. The molecule has 1 aromatic rings. The van der Waals surface area contributed by atoms with E-state index in [1.807, 2.05) is 0 Å². The van der Waals surface area contributed by atoms with Gasteiger partial charge in [0.15, 0.2) is 12.0 Å². The van der Waals surface area contributed by atoms with Crippen molar-refractivity contribution in [3.63, 3.8) is 0 Å². The normalized spacial score (nSPS) is 9.00. The van der Waals surface area contributed by atoms with Crippen LogP contribution in [0, 0.1) is 11.5 Å². The van der Waals surface area contributed by atoms with E-state index in [0.29, 0.717) is 16.3 Å². The van der Waals surface area contributed by atoms with Crippen LogP contribution in [0.1, 0.15) is 17.3 Å². The maximum atomic E-state index is 11.0. The van der Waals surface area contributed by atoms with Gasteiger partial charge < -0.3 is 0 Å². The maximum Gasteiger partial charge on any atom is 0.181 e. The molecule has 66 valence electrons. The van der Waals surface area contributed by atoms with Gasteiger partial charge in [-0.15, -0.1) is 0 Å². The number of ketones is 1. The smallest absolute Gasteiger partial charge is 0.181 e. The molecule has 0 aliphatic carbocycles. The Hall–Kier alpha value is -1.53. The number of rotatable bonds is 2. The minimum Gasteiger partial charge on any atom is -0.294 e. The van der Waals surface area contributed by atoms with Gasteiger partial charge in [-0.3, -0.25) is 10.1 Å². The fourth-order valence-corrected chi connectivity index (χ4v) is 1.26. The number of carbonyl (C=O) groups is 1. The van der Waals surface area contributed by atoms with Crippen LogP contribution in [-0.4, -0.2) is 5.78 Å². The molecule has 0 heterocycles. The molecule has 0 radical (unpaired) electrons. The first-order chi connectivity index (χ1) is 6.15. The van der Waals surface area contributed by atoms with Gasteiger partial charge in [-0.05, 0) is 25.1 Å². The molecule has 0 aliphatic heterocycles. The second-order valence-corrected chi connectivity index (χ2v) is 2.89. The maximum absolute atomic E-state index is 11.0. The largest absolute Gasteiger partial charge is 0.294 e. The molecule has 4 heteroatoms. The molecule has 1 aromatic carbocycles. The second kappa shape index (κ2) is 3.92. The first-order valence-electron chi connectivity index (χ1n) is 3.60. The van der Waals surface area contributed by atoms with Crippen LogP contribution in [0.2, 0.25) is 5.02 Å². The van der Waals surface area contributed by atoms with Crippen molar-refractivity contribution in [3.8, 4) is 6.19 Å². The van der Waals surface area contributed by atoms with E-state index >= 15 is 0 Å². The van der Waals surface area contributed by atoms with Crippen LogP contribution >= 0.6 is 11.6 Å². The molecule has 0 aromatic heterocycles. The molecular formula is C9H7ClN2O. The first kappa shape index (κ1) is 9.56. The molecule has 0 bridgehead atoms. The Morgan fingerprint density at radius 3 is 2.77 bits per heavy atom. The van der Waals surface area contributed by atoms with Gasteiger partial charge in [0.25, 0.3) is 0 Å². The lowest BCUT2D eigenvalue weighted by Crippen LogP contribution is -1.94. The average Bonchev–Trinajstić information content (AvgIpc) is 2.04. The van der Waals surface area contributed by atoms with Crippen molar-refractivity contribution in [1.29, 1.82) is 5.26 Å². The van der Waals surface area contributed by atoms with Crippen molar-refractivity contribution < 1.29 is 4.79 Å². The summed E-state index contributed by atoms with van der Waals surface area (Å²) < 4.78 is 0. The number of hydrogen-bond donors (Lipinski definition) is 1. The molecule has 0 unspecified atom stereocenters. The third kappa shape index (κ3) is 2.20. The number of nitrogens with zero attached hydrogens (tertiary/aromatic N) is 1. The van der Waals surface area contributed by atoms with Gasteiger partial charge in [-0.2, -0.15) is 5.26 Å². The SMILES string of the molecule is CC(=O)c1ccc(NC#N)cc1Cl. The van der Waals surface area contributed by atoms with Crippen molar-refractivity contribution in [1.82, 2.24) is 0 Å². The predicted molar refractivity (Wildman–Crippen MR) is 50.7 cm³/mol. The highest BCUT2D eigenvalue weighted by molar-refractivity contribution is 6.34. The van der Waals surface area contributed by atoms with Crippen molar-refractivity contribution in [2.75, 3.05) is 5.32 Å². The quantitative estimate of drug-likeness (QED) is 0.447. The average molecular weight is 195 g/mol. The van der Waals surface area contributed by atoms with E-state index in [-0.39, 0.29) is 5.78 Å². The minimum atomic E-state index is -0.0893. The molecule has 3 nitrogen and oxygen atoms in total. The molecule has 0 amide bonds. The zero-order chi connectivity index (χ0) is 9.84. The topological polar surface area (TPSA) is 52.9 Å². The van der Waals surface area contributed by atoms with Crippen LogP contribution in [-0.2, 0) is 0 Å². The number of hydrogen-bond acceptors (Lipinski definition) is 3. The summed E-state index contributed by atoms with van der Waals surface area (Å²) in [5.41, 5.74) is 1.04. The molecule has 1 rings (SSSR count). The fourth-order valence-electron chi connectivity index (χ4n) is 0.943. The van der Waals surface area contributed by atoms with E-state index < -0.39 is 0 Å². The van der Waals surface area contributed by atoms with Crippen molar-refractivity contribution >= 4 is 23.1 Å². The lowest BCUT2D eigenvalue weighted by molar-refractivity contribution is 0.101. The number of carbonyl (C=O) groups excluding carboxylic acids is 1. The summed E-state index contributed by atoms with van der Waals surface area (Å²) in [7, 11) is 0. The monoisotopic (exact) mass is 194 g/mol. The summed E-state index contributed by atoms with van der Waals surface area (Å²) >= 11 is 5.79. The van der Waals surface area contributed by atoms with Crippen LogP contribution < -0.4 is 5.32 Å². The van der Waals surface area contributed by atoms with E-state index in [1.165, 1.54) is 6.92 Å². The van der Waals surface area contributed by atoms with Crippen LogP contribution in [0.5, 0.6) is 0 Å². The van der Waals surface area contributed by atoms with E-state index in [4.69, 9.17) is 16.9 Å². The van der Waals surface area contributed by atoms with Gasteiger partial charge in [0, 0.05) is 11.3 Å². The lowest BCUT2D eigenvalue weighted by atomic mass is 10.1. The van der Waals surface area contributed by atoms with Crippen molar-refractivity contribution in [3.05, 3.63) is 28.8 Å². The number of Topliss-reactive ketones (excluding diaryl/α,β-unsaturated/α-hetero) is 1. The Morgan fingerprint density at radius 1 is 1.62 bits per heavy atom. The van der Waals surface area contributed by atoms with E-state index in [1.54, 1.807) is 24.4 Å². The third-order valence-electron chi connectivity index (χ3n) is 1.55. The molecular weight excluding hydrogens is 188 g/mol. The second-order valence-electron chi connectivity index (χ2n) is 2.49. The summed E-state index contributed by atoms with van der Waals surface area (Å²) in [6.45, 7) is 1.44.